The molecule has 0 aliphatic heterocycles. The average Bonchev–Trinajstić information content (AvgIpc) is 3.03. The van der Waals surface area contributed by atoms with E-state index in [2.05, 4.69) is 10.2 Å². The summed E-state index contributed by atoms with van der Waals surface area (Å²) >= 11 is 13.7. The highest BCUT2D eigenvalue weighted by molar-refractivity contribution is 7.98. The number of aromatic nitrogens is 4. The lowest BCUT2D eigenvalue weighted by Gasteiger charge is -2.08. The largest absolute Gasteiger partial charge is 0.279 e. The van der Waals surface area contributed by atoms with Crippen LogP contribution in [0.2, 0.25) is 10.0 Å². The van der Waals surface area contributed by atoms with Crippen molar-refractivity contribution in [2.24, 2.45) is 7.05 Å². The van der Waals surface area contributed by atoms with Crippen molar-refractivity contribution in [3.8, 4) is 0 Å². The van der Waals surface area contributed by atoms with Gasteiger partial charge in [0.15, 0.2) is 5.16 Å². The van der Waals surface area contributed by atoms with Crippen LogP contribution in [0, 0.1) is 0 Å². The Morgan fingerprint density at radius 3 is 2.72 bits per heavy atom. The van der Waals surface area contributed by atoms with Gasteiger partial charge in [0, 0.05) is 22.8 Å². The van der Waals surface area contributed by atoms with E-state index in [9.17, 15) is 4.79 Å². The number of para-hydroxylation sites is 1. The molecule has 4 rings (SSSR count). The van der Waals surface area contributed by atoms with E-state index >= 15 is 0 Å². The standard InChI is InChI=1S/C17H12Cl2N4OS/c1-22-15(24)12-4-2-3-5-14(12)23-16(22)20-21-17(23)25-9-10-6-7-11(18)8-13(10)19/h2-8H,9H2,1H3. The van der Waals surface area contributed by atoms with Crippen LogP contribution in [-0.4, -0.2) is 19.2 Å². The molecule has 25 heavy (non-hydrogen) atoms. The van der Waals surface area contributed by atoms with Crippen molar-refractivity contribution in [1.29, 1.82) is 0 Å². The van der Waals surface area contributed by atoms with E-state index in [1.54, 1.807) is 13.1 Å². The fourth-order valence-electron chi connectivity index (χ4n) is 2.69. The minimum absolute atomic E-state index is 0.0900. The van der Waals surface area contributed by atoms with Crippen LogP contribution in [-0.2, 0) is 12.8 Å². The molecule has 0 fully saturated rings. The monoisotopic (exact) mass is 390 g/mol. The SMILES string of the molecule is Cn1c(=O)c2ccccc2n2c(SCc3ccc(Cl)cc3Cl)nnc12. The minimum Gasteiger partial charge on any atom is -0.279 e. The van der Waals surface area contributed by atoms with E-state index in [1.807, 2.05) is 40.8 Å². The predicted octanol–water partition coefficient (Wildman–Crippen LogP) is 4.18. The summed E-state index contributed by atoms with van der Waals surface area (Å²) in [5.41, 5.74) is 1.66. The van der Waals surface area contributed by atoms with Gasteiger partial charge in [0.1, 0.15) is 0 Å². The van der Waals surface area contributed by atoms with Gasteiger partial charge < -0.3 is 0 Å². The lowest BCUT2D eigenvalue weighted by Crippen LogP contribution is -2.20. The zero-order chi connectivity index (χ0) is 17.6. The first-order chi connectivity index (χ1) is 12.1. The smallest absolute Gasteiger partial charge is 0.262 e. The van der Waals surface area contributed by atoms with Gasteiger partial charge in [0.25, 0.3) is 5.56 Å². The second-order valence-corrected chi connectivity index (χ2v) is 7.31. The molecule has 0 spiro atoms. The first-order valence-electron chi connectivity index (χ1n) is 7.46. The molecule has 0 atom stereocenters. The third kappa shape index (κ3) is 2.80. The first-order valence-corrected chi connectivity index (χ1v) is 9.20. The Hall–Kier alpha value is -2.02. The number of fused-ring (bicyclic) bond motifs is 3. The van der Waals surface area contributed by atoms with Crippen molar-refractivity contribution in [2.45, 2.75) is 10.9 Å². The van der Waals surface area contributed by atoms with Crippen LogP contribution in [0.15, 0.2) is 52.4 Å². The van der Waals surface area contributed by atoms with Crippen LogP contribution >= 0.6 is 35.0 Å². The van der Waals surface area contributed by atoms with Crippen molar-refractivity contribution < 1.29 is 0 Å². The summed E-state index contributed by atoms with van der Waals surface area (Å²) in [6.07, 6.45) is 0. The second kappa shape index (κ2) is 6.37. The Labute approximate surface area is 157 Å². The molecule has 0 radical (unpaired) electrons. The summed E-state index contributed by atoms with van der Waals surface area (Å²) in [5, 5.41) is 11.0. The normalized spacial score (nSPS) is 11.5. The molecule has 0 bridgehead atoms. The van der Waals surface area contributed by atoms with E-state index in [0.29, 0.717) is 32.1 Å². The van der Waals surface area contributed by atoms with Crippen molar-refractivity contribution in [2.75, 3.05) is 0 Å². The Morgan fingerprint density at radius 1 is 1.12 bits per heavy atom. The van der Waals surface area contributed by atoms with Crippen LogP contribution in [0.25, 0.3) is 16.7 Å². The van der Waals surface area contributed by atoms with Gasteiger partial charge in [-0.25, -0.2) is 0 Å². The third-order valence-electron chi connectivity index (χ3n) is 3.97. The lowest BCUT2D eigenvalue weighted by atomic mass is 10.2. The van der Waals surface area contributed by atoms with E-state index in [4.69, 9.17) is 23.2 Å². The summed E-state index contributed by atoms with van der Waals surface area (Å²) in [6, 6.07) is 12.9. The van der Waals surface area contributed by atoms with Crippen LogP contribution in [0.4, 0.5) is 0 Å². The highest BCUT2D eigenvalue weighted by Gasteiger charge is 2.15. The highest BCUT2D eigenvalue weighted by atomic mass is 35.5. The van der Waals surface area contributed by atoms with Gasteiger partial charge in [-0.3, -0.25) is 13.8 Å². The van der Waals surface area contributed by atoms with Crippen molar-refractivity contribution in [1.82, 2.24) is 19.2 Å². The predicted molar refractivity (Wildman–Crippen MR) is 102 cm³/mol. The molecular formula is C17H12Cl2N4OS. The quantitative estimate of drug-likeness (QED) is 0.492. The van der Waals surface area contributed by atoms with Gasteiger partial charge in [-0.05, 0) is 29.8 Å². The van der Waals surface area contributed by atoms with E-state index in [0.717, 1.165) is 11.1 Å². The van der Waals surface area contributed by atoms with E-state index < -0.39 is 0 Å². The van der Waals surface area contributed by atoms with Crippen LogP contribution in [0.1, 0.15) is 5.56 Å². The number of hydrogen-bond donors (Lipinski definition) is 0. The van der Waals surface area contributed by atoms with Crippen molar-refractivity contribution >= 4 is 51.6 Å². The fourth-order valence-corrected chi connectivity index (χ4v) is 4.18. The molecular weight excluding hydrogens is 379 g/mol. The second-order valence-electron chi connectivity index (χ2n) is 5.52. The number of nitrogens with zero attached hydrogens (tertiary/aromatic N) is 4. The molecule has 2 aromatic carbocycles. The number of rotatable bonds is 3. The molecule has 0 aliphatic rings. The zero-order valence-corrected chi connectivity index (χ0v) is 15.4. The first kappa shape index (κ1) is 16.4. The summed E-state index contributed by atoms with van der Waals surface area (Å²) < 4.78 is 3.40. The van der Waals surface area contributed by atoms with Gasteiger partial charge in [0.05, 0.1) is 10.9 Å². The topological polar surface area (TPSA) is 52.2 Å². The third-order valence-corrected chi connectivity index (χ3v) is 5.53. The van der Waals surface area contributed by atoms with Crippen molar-refractivity contribution in [3.63, 3.8) is 0 Å². The number of aryl methyl sites for hydroxylation is 1. The minimum atomic E-state index is -0.0900. The molecule has 0 saturated carbocycles. The highest BCUT2D eigenvalue weighted by Crippen LogP contribution is 2.29. The molecule has 2 heterocycles. The fraction of sp³-hybridized carbons (Fsp3) is 0.118. The van der Waals surface area contributed by atoms with E-state index in [-0.39, 0.29) is 5.56 Å². The van der Waals surface area contributed by atoms with Gasteiger partial charge in [-0.1, -0.05) is 53.2 Å². The number of thioether (sulfide) groups is 1. The lowest BCUT2D eigenvalue weighted by molar-refractivity contribution is 0.853. The zero-order valence-electron chi connectivity index (χ0n) is 13.1. The molecule has 0 aliphatic carbocycles. The maximum atomic E-state index is 12.5. The molecule has 2 aromatic heterocycles. The molecule has 0 saturated heterocycles. The van der Waals surface area contributed by atoms with Crippen molar-refractivity contribution in [3.05, 3.63) is 68.4 Å². The molecule has 8 heteroatoms. The van der Waals surface area contributed by atoms with E-state index in [1.165, 1.54) is 16.3 Å². The summed E-state index contributed by atoms with van der Waals surface area (Å²) in [5.74, 6) is 1.13. The summed E-state index contributed by atoms with van der Waals surface area (Å²) in [4.78, 5) is 12.5. The van der Waals surface area contributed by atoms with Crippen LogP contribution in [0.5, 0.6) is 0 Å². The molecule has 0 unspecified atom stereocenters. The molecule has 5 nitrogen and oxygen atoms in total. The van der Waals surface area contributed by atoms with Crippen LogP contribution in [0.3, 0.4) is 0 Å². The van der Waals surface area contributed by atoms with Gasteiger partial charge in [-0.15, -0.1) is 10.2 Å². The number of hydrogen-bond acceptors (Lipinski definition) is 4. The maximum Gasteiger partial charge on any atom is 0.262 e. The summed E-state index contributed by atoms with van der Waals surface area (Å²) in [7, 11) is 1.70. The average molecular weight is 391 g/mol. The Kier molecular flexibility index (Phi) is 4.19. The summed E-state index contributed by atoms with van der Waals surface area (Å²) in [6.45, 7) is 0. The molecule has 0 N–H and O–H groups in total. The number of halogens is 2. The maximum absolute atomic E-state index is 12.5. The molecule has 4 aromatic rings. The van der Waals surface area contributed by atoms with Gasteiger partial charge >= 0.3 is 0 Å². The Balaban J connectivity index is 1.82. The molecule has 0 amide bonds. The van der Waals surface area contributed by atoms with Crippen LogP contribution < -0.4 is 5.56 Å². The Bertz CT molecular complexity index is 1170. The molecule has 126 valence electrons. The van der Waals surface area contributed by atoms with Gasteiger partial charge in [0.2, 0.25) is 5.78 Å². The Morgan fingerprint density at radius 2 is 1.92 bits per heavy atom. The van der Waals surface area contributed by atoms with Gasteiger partial charge in [-0.2, -0.15) is 0 Å². The number of benzene rings is 2.